The zero-order chi connectivity index (χ0) is 22.1. The van der Waals surface area contributed by atoms with Gasteiger partial charge >= 0.3 is 0 Å². The Hall–Kier alpha value is -1.83. The second kappa shape index (κ2) is 12.1. The van der Waals surface area contributed by atoms with E-state index in [0.717, 1.165) is 19.3 Å². The highest BCUT2D eigenvalue weighted by Gasteiger charge is 2.30. The quantitative estimate of drug-likeness (QED) is 0.546. The van der Waals surface area contributed by atoms with Gasteiger partial charge in [-0.3, -0.25) is 14.5 Å². The molecule has 1 aliphatic heterocycles. The van der Waals surface area contributed by atoms with Crippen LogP contribution in [0.3, 0.4) is 0 Å². The van der Waals surface area contributed by atoms with E-state index in [1.54, 1.807) is 25.3 Å². The van der Waals surface area contributed by atoms with Gasteiger partial charge in [0.05, 0.1) is 24.9 Å². The molecule has 1 aromatic carbocycles. The van der Waals surface area contributed by atoms with Gasteiger partial charge in [-0.15, -0.1) is 0 Å². The van der Waals surface area contributed by atoms with Crippen molar-refractivity contribution in [2.24, 2.45) is 5.92 Å². The molecule has 1 unspecified atom stereocenters. The number of rotatable bonds is 10. The third-order valence-corrected chi connectivity index (χ3v) is 5.55. The van der Waals surface area contributed by atoms with Gasteiger partial charge in [-0.2, -0.15) is 0 Å². The number of nitrogens with zero attached hydrogens (tertiary/aromatic N) is 1. The van der Waals surface area contributed by atoms with Gasteiger partial charge in [0.25, 0.3) is 0 Å². The number of carbonyl (C=O) groups is 2. The standard InChI is InChI=1S/C22H34ClN3O4/c1-15(2)30-13-5-10-24-22(28)17-8-11-26(12-9-17)16(3)21(27)25-19-14-18(23)6-7-20(19)29-4/h6-7,14-17H,5,8-13H2,1-4H3,(H,24,28)(H,25,27). The molecule has 7 nitrogen and oxygen atoms in total. The number of hydrogen-bond donors (Lipinski definition) is 2. The topological polar surface area (TPSA) is 79.9 Å². The SMILES string of the molecule is COc1ccc(Cl)cc1NC(=O)C(C)N1CCC(C(=O)NCCCOC(C)C)CC1. The summed E-state index contributed by atoms with van der Waals surface area (Å²) in [7, 11) is 1.55. The van der Waals surface area contributed by atoms with Crippen molar-refractivity contribution < 1.29 is 19.1 Å². The predicted molar refractivity (Wildman–Crippen MR) is 119 cm³/mol. The van der Waals surface area contributed by atoms with Crippen molar-refractivity contribution in [1.82, 2.24) is 10.2 Å². The van der Waals surface area contributed by atoms with Crippen molar-refractivity contribution in [3.05, 3.63) is 23.2 Å². The molecule has 168 valence electrons. The Kier molecular flexibility index (Phi) is 9.88. The van der Waals surface area contributed by atoms with E-state index in [0.29, 0.717) is 42.7 Å². The molecule has 2 amide bonds. The van der Waals surface area contributed by atoms with Crippen LogP contribution in [-0.2, 0) is 14.3 Å². The number of amides is 2. The minimum absolute atomic E-state index is 0.00412. The first-order chi connectivity index (χ1) is 14.3. The number of methoxy groups -OCH3 is 1. The van der Waals surface area contributed by atoms with Crippen LogP contribution in [0.4, 0.5) is 5.69 Å². The summed E-state index contributed by atoms with van der Waals surface area (Å²) < 4.78 is 10.8. The molecule has 30 heavy (non-hydrogen) atoms. The molecule has 2 N–H and O–H groups in total. The molecule has 1 saturated heterocycles. The van der Waals surface area contributed by atoms with E-state index >= 15 is 0 Å². The Labute approximate surface area is 184 Å². The number of piperidine rings is 1. The highest BCUT2D eigenvalue weighted by Crippen LogP contribution is 2.28. The summed E-state index contributed by atoms with van der Waals surface area (Å²) in [5.41, 5.74) is 0.553. The van der Waals surface area contributed by atoms with Crippen LogP contribution >= 0.6 is 11.6 Å². The van der Waals surface area contributed by atoms with E-state index in [9.17, 15) is 9.59 Å². The predicted octanol–water partition coefficient (Wildman–Crippen LogP) is 3.32. The maximum Gasteiger partial charge on any atom is 0.241 e. The van der Waals surface area contributed by atoms with Gasteiger partial charge < -0.3 is 20.1 Å². The zero-order valence-electron chi connectivity index (χ0n) is 18.4. The number of hydrogen-bond acceptors (Lipinski definition) is 5. The fourth-order valence-corrected chi connectivity index (χ4v) is 3.65. The average Bonchev–Trinajstić information content (AvgIpc) is 2.73. The van der Waals surface area contributed by atoms with E-state index in [1.807, 2.05) is 20.8 Å². The van der Waals surface area contributed by atoms with E-state index < -0.39 is 0 Å². The Morgan fingerprint density at radius 1 is 1.23 bits per heavy atom. The van der Waals surface area contributed by atoms with Gasteiger partial charge in [0.15, 0.2) is 0 Å². The van der Waals surface area contributed by atoms with E-state index in [2.05, 4.69) is 15.5 Å². The molecule has 1 aromatic rings. The van der Waals surface area contributed by atoms with Crippen LogP contribution in [0.25, 0.3) is 0 Å². The van der Waals surface area contributed by atoms with Crippen LogP contribution in [0.2, 0.25) is 5.02 Å². The van der Waals surface area contributed by atoms with Crippen LogP contribution in [-0.4, -0.2) is 62.2 Å². The van der Waals surface area contributed by atoms with Gasteiger partial charge in [0, 0.05) is 24.1 Å². The molecule has 0 aliphatic carbocycles. The second-order valence-electron chi connectivity index (χ2n) is 7.88. The molecule has 0 aromatic heterocycles. The van der Waals surface area contributed by atoms with Gasteiger partial charge in [0.2, 0.25) is 11.8 Å². The molecular formula is C22H34ClN3O4. The Morgan fingerprint density at radius 2 is 1.93 bits per heavy atom. The monoisotopic (exact) mass is 439 g/mol. The van der Waals surface area contributed by atoms with Crippen molar-refractivity contribution in [1.29, 1.82) is 0 Å². The van der Waals surface area contributed by atoms with E-state index in [-0.39, 0.29) is 29.9 Å². The Bertz CT molecular complexity index is 706. The van der Waals surface area contributed by atoms with Crippen molar-refractivity contribution >= 4 is 29.1 Å². The maximum atomic E-state index is 12.7. The van der Waals surface area contributed by atoms with Crippen molar-refractivity contribution in [3.8, 4) is 5.75 Å². The summed E-state index contributed by atoms with van der Waals surface area (Å²) in [5, 5.41) is 6.43. The van der Waals surface area contributed by atoms with Gasteiger partial charge in [0.1, 0.15) is 5.75 Å². The Morgan fingerprint density at radius 3 is 2.57 bits per heavy atom. The molecule has 0 saturated carbocycles. The number of ether oxygens (including phenoxy) is 2. The van der Waals surface area contributed by atoms with Gasteiger partial charge in [-0.1, -0.05) is 11.6 Å². The fraction of sp³-hybridized carbons (Fsp3) is 0.636. The van der Waals surface area contributed by atoms with E-state index in [1.165, 1.54) is 0 Å². The van der Waals surface area contributed by atoms with Crippen LogP contribution in [0.1, 0.15) is 40.0 Å². The third kappa shape index (κ3) is 7.45. The number of carbonyl (C=O) groups excluding carboxylic acids is 2. The molecule has 0 radical (unpaired) electrons. The summed E-state index contributed by atoms with van der Waals surface area (Å²) in [4.78, 5) is 27.2. The lowest BCUT2D eigenvalue weighted by Gasteiger charge is -2.34. The first kappa shape index (κ1) is 24.4. The summed E-state index contributed by atoms with van der Waals surface area (Å²) >= 11 is 6.04. The van der Waals surface area contributed by atoms with Crippen molar-refractivity contribution in [3.63, 3.8) is 0 Å². The average molecular weight is 440 g/mol. The first-order valence-corrected chi connectivity index (χ1v) is 11.0. The van der Waals surface area contributed by atoms with Crippen LogP contribution in [0, 0.1) is 5.92 Å². The van der Waals surface area contributed by atoms with Crippen LogP contribution in [0.5, 0.6) is 5.75 Å². The van der Waals surface area contributed by atoms with Crippen LogP contribution in [0.15, 0.2) is 18.2 Å². The van der Waals surface area contributed by atoms with Crippen molar-refractivity contribution in [2.45, 2.75) is 52.2 Å². The first-order valence-electron chi connectivity index (χ1n) is 10.6. The minimum Gasteiger partial charge on any atom is -0.495 e. The summed E-state index contributed by atoms with van der Waals surface area (Å²) in [5.74, 6) is 0.535. The fourth-order valence-electron chi connectivity index (χ4n) is 3.48. The number of benzene rings is 1. The number of likely N-dealkylation sites (tertiary alicyclic amines) is 1. The molecule has 8 heteroatoms. The summed E-state index contributed by atoms with van der Waals surface area (Å²) in [6, 6.07) is 4.80. The lowest BCUT2D eigenvalue weighted by atomic mass is 9.95. The normalized spacial score (nSPS) is 16.3. The number of halogens is 1. The molecule has 2 rings (SSSR count). The smallest absolute Gasteiger partial charge is 0.241 e. The van der Waals surface area contributed by atoms with Gasteiger partial charge in [-0.25, -0.2) is 0 Å². The second-order valence-corrected chi connectivity index (χ2v) is 8.32. The number of anilines is 1. The maximum absolute atomic E-state index is 12.7. The minimum atomic E-state index is -0.314. The third-order valence-electron chi connectivity index (χ3n) is 5.32. The lowest BCUT2D eigenvalue weighted by Crippen LogP contribution is -2.48. The largest absolute Gasteiger partial charge is 0.495 e. The summed E-state index contributed by atoms with van der Waals surface area (Å²) in [6.45, 7) is 8.57. The molecule has 1 heterocycles. The zero-order valence-corrected chi connectivity index (χ0v) is 19.1. The molecule has 1 aliphatic rings. The lowest BCUT2D eigenvalue weighted by molar-refractivity contribution is -0.127. The number of nitrogens with one attached hydrogen (secondary N) is 2. The highest BCUT2D eigenvalue weighted by molar-refractivity contribution is 6.31. The Balaban J connectivity index is 1.77. The summed E-state index contributed by atoms with van der Waals surface area (Å²) in [6.07, 6.45) is 2.51. The molecule has 1 fully saturated rings. The molecule has 0 bridgehead atoms. The highest BCUT2D eigenvalue weighted by atomic mass is 35.5. The van der Waals surface area contributed by atoms with Crippen LogP contribution < -0.4 is 15.4 Å². The van der Waals surface area contributed by atoms with Gasteiger partial charge in [-0.05, 0) is 71.3 Å². The molecular weight excluding hydrogens is 406 g/mol. The van der Waals surface area contributed by atoms with Crippen molar-refractivity contribution in [2.75, 3.05) is 38.7 Å². The molecule has 0 spiro atoms. The van der Waals surface area contributed by atoms with E-state index in [4.69, 9.17) is 21.1 Å². The molecule has 1 atom stereocenters.